The van der Waals surface area contributed by atoms with E-state index in [1.54, 1.807) is 12.1 Å². The lowest BCUT2D eigenvalue weighted by Gasteiger charge is -2.44. The molecule has 3 heteroatoms. The SMILES string of the molecule is C=C[C@]1(N2CCO[C@H](c3ccc(F)cc3)C2)C=CC=CC1. The van der Waals surface area contributed by atoms with Crippen LogP contribution in [0.25, 0.3) is 0 Å². The number of benzene rings is 1. The Labute approximate surface area is 125 Å². The summed E-state index contributed by atoms with van der Waals surface area (Å²) in [5.41, 5.74) is 0.896. The van der Waals surface area contributed by atoms with Gasteiger partial charge in [-0.15, -0.1) is 6.58 Å². The third-order valence-corrected chi connectivity index (χ3v) is 4.33. The van der Waals surface area contributed by atoms with E-state index in [0.29, 0.717) is 6.61 Å². The second-order valence-electron chi connectivity index (χ2n) is 5.54. The quantitative estimate of drug-likeness (QED) is 0.786. The molecule has 0 amide bonds. The van der Waals surface area contributed by atoms with Crippen LogP contribution >= 0.6 is 0 Å². The van der Waals surface area contributed by atoms with E-state index in [1.165, 1.54) is 12.1 Å². The maximum Gasteiger partial charge on any atom is 0.123 e. The highest BCUT2D eigenvalue weighted by Gasteiger charge is 2.35. The molecule has 1 heterocycles. The Morgan fingerprint density at radius 2 is 2.10 bits per heavy atom. The second kappa shape index (κ2) is 5.96. The lowest BCUT2D eigenvalue weighted by molar-refractivity contribution is -0.0511. The molecular weight excluding hydrogens is 265 g/mol. The highest BCUT2D eigenvalue weighted by atomic mass is 19.1. The Hall–Kier alpha value is -1.71. The van der Waals surface area contributed by atoms with Crippen LogP contribution in [-0.2, 0) is 4.74 Å². The van der Waals surface area contributed by atoms with E-state index in [1.807, 2.05) is 6.08 Å². The van der Waals surface area contributed by atoms with E-state index in [4.69, 9.17) is 4.74 Å². The normalized spacial score (nSPS) is 29.5. The molecule has 2 aliphatic rings. The Balaban J connectivity index is 1.79. The predicted molar refractivity (Wildman–Crippen MR) is 82.5 cm³/mol. The number of morpholine rings is 1. The zero-order valence-corrected chi connectivity index (χ0v) is 12.0. The van der Waals surface area contributed by atoms with Gasteiger partial charge in [0.15, 0.2) is 0 Å². The minimum absolute atomic E-state index is 0.0181. The van der Waals surface area contributed by atoms with Gasteiger partial charge in [0.25, 0.3) is 0 Å². The number of hydrogen-bond acceptors (Lipinski definition) is 2. The average Bonchev–Trinajstić information content (AvgIpc) is 2.56. The zero-order chi connectivity index (χ0) is 14.7. The highest BCUT2D eigenvalue weighted by Crippen LogP contribution is 2.32. The molecule has 1 aliphatic carbocycles. The first-order valence-electron chi connectivity index (χ1n) is 7.34. The summed E-state index contributed by atoms with van der Waals surface area (Å²) in [7, 11) is 0. The molecule has 21 heavy (non-hydrogen) atoms. The van der Waals surface area contributed by atoms with Crippen molar-refractivity contribution in [2.45, 2.75) is 18.1 Å². The molecule has 0 saturated carbocycles. The van der Waals surface area contributed by atoms with Crippen molar-refractivity contribution in [3.63, 3.8) is 0 Å². The molecule has 0 unspecified atom stereocenters. The fourth-order valence-corrected chi connectivity index (χ4v) is 3.05. The van der Waals surface area contributed by atoms with Crippen LogP contribution in [0, 0.1) is 5.82 Å². The maximum atomic E-state index is 13.1. The number of halogens is 1. The predicted octanol–water partition coefficient (Wildman–Crippen LogP) is 3.64. The lowest BCUT2D eigenvalue weighted by Crippen LogP contribution is -2.52. The number of nitrogens with zero attached hydrogens (tertiary/aromatic N) is 1. The van der Waals surface area contributed by atoms with E-state index in [9.17, 15) is 4.39 Å². The minimum atomic E-state index is -0.214. The molecule has 1 saturated heterocycles. The molecule has 1 aliphatic heterocycles. The topological polar surface area (TPSA) is 12.5 Å². The van der Waals surface area contributed by atoms with Crippen molar-refractivity contribution >= 4 is 0 Å². The monoisotopic (exact) mass is 285 g/mol. The van der Waals surface area contributed by atoms with Gasteiger partial charge in [-0.05, 0) is 24.1 Å². The van der Waals surface area contributed by atoms with Crippen molar-refractivity contribution in [1.82, 2.24) is 4.90 Å². The zero-order valence-electron chi connectivity index (χ0n) is 12.0. The van der Waals surface area contributed by atoms with Crippen molar-refractivity contribution in [2.24, 2.45) is 0 Å². The van der Waals surface area contributed by atoms with E-state index in [0.717, 1.165) is 25.1 Å². The van der Waals surface area contributed by atoms with Crippen molar-refractivity contribution < 1.29 is 9.13 Å². The smallest absolute Gasteiger partial charge is 0.123 e. The van der Waals surface area contributed by atoms with E-state index in [2.05, 4.69) is 35.8 Å². The Kier molecular flexibility index (Phi) is 4.04. The van der Waals surface area contributed by atoms with Crippen LogP contribution in [0.15, 0.2) is 61.2 Å². The largest absolute Gasteiger partial charge is 0.371 e. The number of ether oxygens (including phenoxy) is 1. The fraction of sp³-hybridized carbons (Fsp3) is 0.333. The van der Waals surface area contributed by atoms with Gasteiger partial charge in [-0.2, -0.15) is 0 Å². The number of rotatable bonds is 3. The van der Waals surface area contributed by atoms with Crippen LogP contribution in [0.5, 0.6) is 0 Å². The van der Waals surface area contributed by atoms with Crippen LogP contribution in [0.2, 0.25) is 0 Å². The van der Waals surface area contributed by atoms with Crippen molar-refractivity contribution in [3.8, 4) is 0 Å². The molecule has 0 spiro atoms. The average molecular weight is 285 g/mol. The molecule has 3 rings (SSSR count). The van der Waals surface area contributed by atoms with Crippen LogP contribution in [-0.4, -0.2) is 30.1 Å². The van der Waals surface area contributed by atoms with Gasteiger partial charge in [-0.25, -0.2) is 4.39 Å². The van der Waals surface area contributed by atoms with Crippen LogP contribution < -0.4 is 0 Å². The molecular formula is C18H20FNO. The molecule has 0 radical (unpaired) electrons. The van der Waals surface area contributed by atoms with Gasteiger partial charge in [0.2, 0.25) is 0 Å². The maximum absolute atomic E-state index is 13.1. The molecule has 110 valence electrons. The van der Waals surface area contributed by atoms with Gasteiger partial charge in [0, 0.05) is 13.1 Å². The standard InChI is InChI=1S/C18H20FNO/c1-2-18(10-4-3-5-11-18)20-12-13-21-17(14-20)15-6-8-16(19)9-7-15/h2-10,17H,1,11-14H2/t17-,18-/m0/s1. The summed E-state index contributed by atoms with van der Waals surface area (Å²) in [5, 5.41) is 0. The summed E-state index contributed by atoms with van der Waals surface area (Å²) in [6.45, 7) is 6.36. The molecule has 1 fully saturated rings. The summed E-state index contributed by atoms with van der Waals surface area (Å²) in [5.74, 6) is -0.214. The van der Waals surface area contributed by atoms with Crippen LogP contribution in [0.1, 0.15) is 18.1 Å². The van der Waals surface area contributed by atoms with Crippen LogP contribution in [0.3, 0.4) is 0 Å². The number of allylic oxidation sites excluding steroid dienone is 2. The summed E-state index contributed by atoms with van der Waals surface area (Å²) in [6.07, 6.45) is 11.4. The van der Waals surface area contributed by atoms with E-state index >= 15 is 0 Å². The van der Waals surface area contributed by atoms with Gasteiger partial charge in [-0.1, -0.05) is 42.5 Å². The third-order valence-electron chi connectivity index (χ3n) is 4.33. The van der Waals surface area contributed by atoms with Crippen molar-refractivity contribution in [1.29, 1.82) is 0 Å². The molecule has 2 atom stereocenters. The van der Waals surface area contributed by atoms with E-state index < -0.39 is 0 Å². The minimum Gasteiger partial charge on any atom is -0.371 e. The molecule has 0 N–H and O–H groups in total. The first-order chi connectivity index (χ1) is 10.2. The molecule has 1 aromatic rings. The summed E-state index contributed by atoms with van der Waals surface area (Å²) < 4.78 is 18.9. The molecule has 0 bridgehead atoms. The highest BCUT2D eigenvalue weighted by molar-refractivity contribution is 5.28. The molecule has 2 nitrogen and oxygen atoms in total. The summed E-state index contributed by atoms with van der Waals surface area (Å²) >= 11 is 0. The first-order valence-corrected chi connectivity index (χ1v) is 7.34. The Bertz CT molecular complexity index is 563. The Morgan fingerprint density at radius 1 is 1.29 bits per heavy atom. The second-order valence-corrected chi connectivity index (χ2v) is 5.54. The summed E-state index contributed by atoms with van der Waals surface area (Å²) in [4.78, 5) is 2.40. The van der Waals surface area contributed by atoms with Crippen molar-refractivity contribution in [2.75, 3.05) is 19.7 Å². The summed E-state index contributed by atoms with van der Waals surface area (Å²) in [6, 6.07) is 6.59. The Morgan fingerprint density at radius 3 is 2.76 bits per heavy atom. The van der Waals surface area contributed by atoms with Gasteiger partial charge in [0.1, 0.15) is 5.82 Å². The van der Waals surface area contributed by atoms with Crippen LogP contribution in [0.4, 0.5) is 4.39 Å². The molecule has 0 aromatic heterocycles. The van der Waals surface area contributed by atoms with Gasteiger partial charge in [0.05, 0.1) is 18.2 Å². The van der Waals surface area contributed by atoms with Gasteiger partial charge >= 0.3 is 0 Å². The van der Waals surface area contributed by atoms with Gasteiger partial charge in [-0.3, -0.25) is 4.90 Å². The lowest BCUT2D eigenvalue weighted by atomic mass is 9.88. The van der Waals surface area contributed by atoms with E-state index in [-0.39, 0.29) is 17.5 Å². The van der Waals surface area contributed by atoms with Gasteiger partial charge < -0.3 is 4.74 Å². The first kappa shape index (κ1) is 14.2. The fourth-order valence-electron chi connectivity index (χ4n) is 3.05. The number of hydrogen-bond donors (Lipinski definition) is 0. The molecule has 1 aromatic carbocycles. The third kappa shape index (κ3) is 2.85. The van der Waals surface area contributed by atoms with Crippen molar-refractivity contribution in [3.05, 3.63) is 72.6 Å².